The highest BCUT2D eigenvalue weighted by molar-refractivity contribution is 7.82. The van der Waals surface area contributed by atoms with Gasteiger partial charge in [-0.2, -0.15) is 0 Å². The van der Waals surface area contributed by atoms with E-state index in [0.717, 1.165) is 42.4 Å². The summed E-state index contributed by atoms with van der Waals surface area (Å²) in [6.45, 7) is 1.11. The summed E-state index contributed by atoms with van der Waals surface area (Å²) in [4.78, 5) is 18.9. The number of carbonyl (C=O) groups excluding carboxylic acids is 1. The second kappa shape index (κ2) is 13.4. The number of aliphatic hydroxyl groups is 1. The summed E-state index contributed by atoms with van der Waals surface area (Å²) >= 11 is 6.43. The molecule has 6 rings (SSSR count). The van der Waals surface area contributed by atoms with E-state index < -0.39 is 16.4 Å². The molecule has 1 aliphatic carbocycles. The third-order valence-electron chi connectivity index (χ3n) is 7.99. The van der Waals surface area contributed by atoms with Gasteiger partial charge in [-0.15, -0.1) is 0 Å². The maximum Gasteiger partial charge on any atom is 0.236 e. The lowest BCUT2D eigenvalue weighted by Crippen LogP contribution is -2.33. The number of benzene rings is 3. The lowest BCUT2D eigenvalue weighted by atomic mass is 9.94. The molecule has 2 heterocycles. The second-order valence-electron chi connectivity index (χ2n) is 10.8. The number of nitrogens with one attached hydrogen (secondary N) is 1. The molecular weight excluding hydrogens is 586 g/mol. The number of halogens is 1. The van der Waals surface area contributed by atoms with E-state index in [1.54, 1.807) is 12.1 Å². The van der Waals surface area contributed by atoms with Crippen molar-refractivity contribution in [1.29, 1.82) is 0 Å². The Hall–Kier alpha value is -3.60. The van der Waals surface area contributed by atoms with Crippen LogP contribution >= 0.6 is 11.6 Å². The molecule has 4 N–H and O–H groups in total. The maximum absolute atomic E-state index is 13.5. The average molecular weight is 624 g/mol. The molecule has 0 radical (unpaired) electrons. The SMILES string of the molecule is O.O=C(Nc1cccc(-c2ccc(S(=O)N3CCC[C@@H]3CO)cc2)n1)C1(c2ccc(Cl)c(OCc3ccccc3)c2)CC1.[HH].[HH]. The van der Waals surface area contributed by atoms with Crippen molar-refractivity contribution in [2.24, 2.45) is 0 Å². The zero-order valence-corrected chi connectivity index (χ0v) is 25.1. The number of nitrogens with zero attached hydrogens (tertiary/aromatic N) is 2. The van der Waals surface area contributed by atoms with Crippen LogP contribution < -0.4 is 10.1 Å². The van der Waals surface area contributed by atoms with Gasteiger partial charge in [0.1, 0.15) is 29.2 Å². The molecule has 1 saturated carbocycles. The Kier molecular flexibility index (Phi) is 9.59. The Labute approximate surface area is 261 Å². The van der Waals surface area contributed by atoms with Crippen LogP contribution in [-0.4, -0.2) is 49.2 Å². The first kappa shape index (κ1) is 30.8. The first-order chi connectivity index (χ1) is 20.5. The molecule has 2 aliphatic rings. The molecule has 1 unspecified atom stereocenters. The topological polar surface area (TPSA) is 123 Å². The fourth-order valence-electron chi connectivity index (χ4n) is 5.41. The minimum atomic E-state index is -1.32. The molecule has 2 atom stereocenters. The highest BCUT2D eigenvalue weighted by Crippen LogP contribution is 2.50. The molecule has 1 aromatic heterocycles. The molecule has 4 aromatic rings. The van der Waals surface area contributed by atoms with Crippen LogP contribution in [0.25, 0.3) is 11.3 Å². The summed E-state index contributed by atoms with van der Waals surface area (Å²) in [5, 5.41) is 13.1. The van der Waals surface area contributed by atoms with Crippen LogP contribution in [0.1, 0.15) is 39.7 Å². The Bertz CT molecular complexity index is 1610. The normalized spacial score (nSPS) is 18.0. The summed E-state index contributed by atoms with van der Waals surface area (Å²) in [5.74, 6) is 0.908. The number of hydrogen-bond acceptors (Lipinski definition) is 5. The van der Waals surface area contributed by atoms with Crippen molar-refractivity contribution in [1.82, 2.24) is 9.29 Å². The van der Waals surface area contributed by atoms with Gasteiger partial charge >= 0.3 is 0 Å². The van der Waals surface area contributed by atoms with Crippen LogP contribution in [0, 0.1) is 0 Å². The van der Waals surface area contributed by atoms with Crippen LogP contribution in [0.5, 0.6) is 5.75 Å². The van der Waals surface area contributed by atoms with E-state index >= 15 is 0 Å². The number of pyridine rings is 1. The maximum atomic E-state index is 13.5. The number of amides is 1. The van der Waals surface area contributed by atoms with E-state index in [1.165, 1.54) is 0 Å². The second-order valence-corrected chi connectivity index (χ2v) is 12.6. The number of aliphatic hydroxyl groups excluding tert-OH is 1. The van der Waals surface area contributed by atoms with Crippen molar-refractivity contribution in [3.05, 3.63) is 107 Å². The van der Waals surface area contributed by atoms with Gasteiger partial charge in [-0.3, -0.25) is 4.79 Å². The van der Waals surface area contributed by atoms with Gasteiger partial charge in [0.2, 0.25) is 5.91 Å². The fraction of sp³-hybridized carbons (Fsp3) is 0.273. The van der Waals surface area contributed by atoms with Gasteiger partial charge in [-0.1, -0.05) is 66.2 Å². The Morgan fingerprint density at radius 2 is 1.84 bits per heavy atom. The number of carbonyl (C=O) groups is 1. The van der Waals surface area contributed by atoms with Gasteiger partial charge in [0.25, 0.3) is 0 Å². The number of anilines is 1. The van der Waals surface area contributed by atoms with Crippen molar-refractivity contribution in [3.8, 4) is 17.0 Å². The number of ether oxygens (including phenoxy) is 1. The van der Waals surface area contributed by atoms with Crippen molar-refractivity contribution >= 4 is 34.3 Å². The molecule has 1 aliphatic heterocycles. The van der Waals surface area contributed by atoms with E-state index in [-0.39, 0.29) is 26.9 Å². The quantitative estimate of drug-likeness (QED) is 0.231. The third-order valence-corrected chi connectivity index (χ3v) is 9.89. The van der Waals surface area contributed by atoms with E-state index in [2.05, 4.69) is 5.32 Å². The van der Waals surface area contributed by atoms with Crippen molar-refractivity contribution in [2.45, 2.75) is 48.6 Å². The molecule has 43 heavy (non-hydrogen) atoms. The van der Waals surface area contributed by atoms with Gasteiger partial charge in [0, 0.05) is 21.0 Å². The smallest absolute Gasteiger partial charge is 0.236 e. The summed E-state index contributed by atoms with van der Waals surface area (Å²) in [6, 6.07) is 28.3. The van der Waals surface area contributed by atoms with Crippen molar-refractivity contribution in [2.75, 3.05) is 18.5 Å². The molecule has 1 saturated heterocycles. The molecule has 228 valence electrons. The first-order valence-corrected chi connectivity index (χ1v) is 15.6. The number of hydrogen-bond donors (Lipinski definition) is 2. The van der Waals surface area contributed by atoms with Gasteiger partial charge < -0.3 is 20.6 Å². The minimum Gasteiger partial charge on any atom is -0.487 e. The highest BCUT2D eigenvalue weighted by atomic mass is 35.5. The summed E-state index contributed by atoms with van der Waals surface area (Å²) in [5.41, 5.74) is 2.81. The number of aromatic nitrogens is 1. The Balaban J connectivity index is 0.00000184. The molecule has 10 heteroatoms. The predicted molar refractivity (Wildman–Crippen MR) is 173 cm³/mol. The van der Waals surface area contributed by atoms with E-state index in [9.17, 15) is 14.1 Å². The predicted octanol–water partition coefficient (Wildman–Crippen LogP) is 5.80. The van der Waals surface area contributed by atoms with Crippen molar-refractivity contribution < 1.29 is 27.2 Å². The van der Waals surface area contributed by atoms with Crippen molar-refractivity contribution in [3.63, 3.8) is 0 Å². The first-order valence-electron chi connectivity index (χ1n) is 14.1. The number of rotatable bonds is 10. The van der Waals surface area contributed by atoms with Gasteiger partial charge in [-0.25, -0.2) is 13.5 Å². The zero-order valence-electron chi connectivity index (χ0n) is 23.5. The van der Waals surface area contributed by atoms with Gasteiger partial charge in [-0.05, 0) is 73.2 Å². The molecule has 0 spiro atoms. The fourth-order valence-corrected chi connectivity index (χ4v) is 6.96. The monoisotopic (exact) mass is 623 g/mol. The summed E-state index contributed by atoms with van der Waals surface area (Å²) < 4.78 is 20.9. The zero-order chi connectivity index (χ0) is 29.1. The standard InChI is InChI=1S/C33H32ClN3O4S.H2O.2H2/c34-28-16-13-25(20-30(28)41-22-23-6-2-1-3-7-23)33(17-18-33)32(39)36-31-10-4-9-29(35-31)24-11-14-27(15-12-24)42(40)37-19-5-8-26(37)21-38;;;/h1-4,6-7,9-16,20,26,38H,5,8,17-19,21-22H2,(H,35,36,39);1H2;2*1H/t26-,42?;;;/m1.../s1. The van der Waals surface area contributed by atoms with Crippen LogP contribution in [0.2, 0.25) is 5.02 Å². The summed E-state index contributed by atoms with van der Waals surface area (Å²) in [7, 11) is -1.32. The lowest BCUT2D eigenvalue weighted by molar-refractivity contribution is -0.118. The lowest BCUT2D eigenvalue weighted by Gasteiger charge is -2.21. The molecule has 0 bridgehead atoms. The van der Waals surface area contributed by atoms with E-state index in [0.29, 0.717) is 40.3 Å². The Morgan fingerprint density at radius 1 is 1.07 bits per heavy atom. The highest BCUT2D eigenvalue weighted by Gasteiger charge is 2.51. The minimum absolute atomic E-state index is 0. The van der Waals surface area contributed by atoms with Crippen LogP contribution in [0.3, 0.4) is 0 Å². The molecular formula is C33H38ClN3O5S. The average Bonchev–Trinajstić information content (AvgIpc) is 3.71. The van der Waals surface area contributed by atoms with Gasteiger partial charge in [0.05, 0.1) is 27.6 Å². The third kappa shape index (κ3) is 6.66. The van der Waals surface area contributed by atoms with E-state index in [4.69, 9.17) is 21.3 Å². The molecule has 8 nitrogen and oxygen atoms in total. The Morgan fingerprint density at radius 3 is 2.56 bits per heavy atom. The largest absolute Gasteiger partial charge is 0.487 e. The van der Waals surface area contributed by atoms with Crippen LogP contribution in [0.15, 0.2) is 95.9 Å². The molecule has 3 aromatic carbocycles. The van der Waals surface area contributed by atoms with E-state index in [1.807, 2.05) is 83.2 Å². The van der Waals surface area contributed by atoms with Gasteiger partial charge in [0.15, 0.2) is 0 Å². The van der Waals surface area contributed by atoms with Crippen LogP contribution in [-0.2, 0) is 27.8 Å². The summed E-state index contributed by atoms with van der Waals surface area (Å²) in [6.07, 6.45) is 3.24. The van der Waals surface area contributed by atoms with Crippen LogP contribution in [0.4, 0.5) is 5.82 Å². The molecule has 1 amide bonds. The molecule has 2 fully saturated rings.